The maximum absolute atomic E-state index is 11.0. The molecule has 0 amide bonds. The lowest BCUT2D eigenvalue weighted by atomic mass is 10.2. The molecule has 0 saturated heterocycles. The normalized spacial score (nSPS) is 10.0. The van der Waals surface area contributed by atoms with Crippen molar-refractivity contribution in [2.24, 2.45) is 0 Å². The fraction of sp³-hybridized carbons (Fsp3) is 0. The molecule has 1 aromatic heterocycles. The van der Waals surface area contributed by atoms with Gasteiger partial charge in [0, 0.05) is 12.3 Å². The van der Waals surface area contributed by atoms with Crippen molar-refractivity contribution in [1.82, 2.24) is 4.98 Å². The zero-order valence-corrected chi connectivity index (χ0v) is 10.6. The lowest BCUT2D eigenvalue weighted by Gasteiger charge is -2.05. The van der Waals surface area contributed by atoms with Gasteiger partial charge in [-0.2, -0.15) is 0 Å². The van der Waals surface area contributed by atoms with Crippen molar-refractivity contribution in [3.63, 3.8) is 0 Å². The minimum absolute atomic E-state index is 0.123. The number of hydrogen-bond acceptors (Lipinski definition) is 8. The summed E-state index contributed by atoms with van der Waals surface area (Å²) >= 11 is 0. The summed E-state index contributed by atoms with van der Waals surface area (Å²) in [5.74, 6) is -0.846. The lowest BCUT2D eigenvalue weighted by molar-refractivity contribution is -0.404. The minimum atomic E-state index is -1.00. The molecule has 0 saturated carbocycles. The third-order valence-electron chi connectivity index (χ3n) is 2.48. The van der Waals surface area contributed by atoms with E-state index in [-0.39, 0.29) is 5.88 Å². The number of rotatable bonds is 5. The van der Waals surface area contributed by atoms with E-state index in [4.69, 9.17) is 4.74 Å². The van der Waals surface area contributed by atoms with Crippen LogP contribution in [-0.2, 0) is 0 Å². The van der Waals surface area contributed by atoms with Crippen LogP contribution in [0.4, 0.5) is 17.1 Å². The highest BCUT2D eigenvalue weighted by atomic mass is 16.6. The van der Waals surface area contributed by atoms with E-state index in [1.165, 1.54) is 18.3 Å². The Labute approximate surface area is 121 Å². The third-order valence-corrected chi connectivity index (χ3v) is 2.48. The van der Waals surface area contributed by atoms with E-state index >= 15 is 0 Å². The van der Waals surface area contributed by atoms with Gasteiger partial charge in [0.05, 0.1) is 26.9 Å². The number of pyridine rings is 1. The van der Waals surface area contributed by atoms with Gasteiger partial charge in [-0.1, -0.05) is 6.07 Å². The highest BCUT2D eigenvalue weighted by molar-refractivity contribution is 5.66. The van der Waals surface area contributed by atoms with Crippen molar-refractivity contribution in [2.75, 3.05) is 0 Å². The Balaban J connectivity index is 2.66. The molecule has 11 nitrogen and oxygen atoms in total. The summed E-state index contributed by atoms with van der Waals surface area (Å²) in [6.07, 6.45) is 1.32. The van der Waals surface area contributed by atoms with E-state index in [0.29, 0.717) is 12.1 Å². The smallest absolute Gasteiger partial charge is 0.325 e. The standard InChI is InChI=1S/C11H6N4O7/c16-13(17)7-5-8(14(18)19)11(9(6-7)15(20)21)22-10-3-1-2-4-12-10/h1-6H. The number of ether oxygens (including phenoxy) is 1. The molecular formula is C11H6N4O7. The van der Waals surface area contributed by atoms with E-state index in [2.05, 4.69) is 4.98 Å². The molecule has 0 aliphatic rings. The molecule has 1 heterocycles. The predicted octanol–water partition coefficient (Wildman–Crippen LogP) is 2.60. The molecule has 0 unspecified atom stereocenters. The van der Waals surface area contributed by atoms with Crippen LogP contribution in [-0.4, -0.2) is 19.8 Å². The third kappa shape index (κ3) is 2.92. The average Bonchev–Trinajstić information content (AvgIpc) is 2.47. The first-order valence-electron chi connectivity index (χ1n) is 5.60. The number of non-ortho nitro benzene ring substituents is 1. The fourth-order valence-electron chi connectivity index (χ4n) is 1.58. The van der Waals surface area contributed by atoms with Crippen LogP contribution in [0.15, 0.2) is 36.5 Å². The highest BCUT2D eigenvalue weighted by Gasteiger charge is 2.32. The molecule has 0 aliphatic heterocycles. The topological polar surface area (TPSA) is 152 Å². The van der Waals surface area contributed by atoms with E-state index in [9.17, 15) is 30.3 Å². The first-order valence-corrected chi connectivity index (χ1v) is 5.60. The molecule has 112 valence electrons. The first kappa shape index (κ1) is 14.8. The van der Waals surface area contributed by atoms with Crippen LogP contribution in [0.25, 0.3) is 0 Å². The van der Waals surface area contributed by atoms with Gasteiger partial charge in [-0.25, -0.2) is 4.98 Å². The maximum atomic E-state index is 11.0. The Morgan fingerprint density at radius 3 is 1.91 bits per heavy atom. The summed E-state index contributed by atoms with van der Waals surface area (Å²) < 4.78 is 5.08. The Bertz CT molecular complexity index is 727. The average molecular weight is 306 g/mol. The molecule has 0 radical (unpaired) electrons. The van der Waals surface area contributed by atoms with Crippen molar-refractivity contribution in [3.8, 4) is 11.6 Å². The molecule has 2 rings (SSSR count). The number of hydrogen-bond donors (Lipinski definition) is 0. The molecule has 0 aliphatic carbocycles. The number of nitro groups is 3. The van der Waals surface area contributed by atoms with E-state index < -0.39 is 37.6 Å². The zero-order chi connectivity index (χ0) is 16.3. The summed E-state index contributed by atoms with van der Waals surface area (Å²) in [7, 11) is 0. The van der Waals surface area contributed by atoms with Crippen molar-refractivity contribution in [2.45, 2.75) is 0 Å². The minimum Gasteiger partial charge on any atom is -0.425 e. The zero-order valence-electron chi connectivity index (χ0n) is 10.6. The summed E-state index contributed by atoms with van der Waals surface area (Å²) in [5.41, 5.74) is -2.58. The van der Waals surface area contributed by atoms with Crippen LogP contribution < -0.4 is 4.74 Å². The molecule has 0 bridgehead atoms. The fourth-order valence-corrected chi connectivity index (χ4v) is 1.58. The van der Waals surface area contributed by atoms with E-state index in [0.717, 1.165) is 0 Å². The summed E-state index contributed by atoms with van der Waals surface area (Å²) in [4.78, 5) is 33.5. The van der Waals surface area contributed by atoms with Gasteiger partial charge in [0.25, 0.3) is 11.4 Å². The summed E-state index contributed by atoms with van der Waals surface area (Å²) in [6.45, 7) is 0. The Morgan fingerprint density at radius 1 is 0.909 bits per heavy atom. The van der Waals surface area contributed by atoms with Crippen LogP contribution in [0.3, 0.4) is 0 Å². The first-order chi connectivity index (χ1) is 10.4. The summed E-state index contributed by atoms with van der Waals surface area (Å²) in [5, 5.41) is 32.8. The quantitative estimate of drug-likeness (QED) is 0.603. The number of aromatic nitrogens is 1. The van der Waals surface area contributed by atoms with Crippen LogP contribution in [0.1, 0.15) is 0 Å². The van der Waals surface area contributed by atoms with Crippen molar-refractivity contribution in [1.29, 1.82) is 0 Å². The molecule has 22 heavy (non-hydrogen) atoms. The number of nitro benzene ring substituents is 3. The van der Waals surface area contributed by atoms with Gasteiger partial charge in [-0.05, 0) is 6.07 Å². The molecule has 1 aromatic carbocycles. The van der Waals surface area contributed by atoms with Crippen molar-refractivity contribution >= 4 is 17.1 Å². The van der Waals surface area contributed by atoms with Crippen LogP contribution in [0.5, 0.6) is 11.6 Å². The Kier molecular flexibility index (Phi) is 3.88. The Hall–Kier alpha value is -3.63. The second-order valence-electron chi connectivity index (χ2n) is 3.85. The number of nitrogens with zero attached hydrogens (tertiary/aromatic N) is 4. The molecular weight excluding hydrogens is 300 g/mol. The van der Waals surface area contributed by atoms with Crippen molar-refractivity contribution < 1.29 is 19.5 Å². The molecule has 0 spiro atoms. The predicted molar refractivity (Wildman–Crippen MR) is 70.7 cm³/mol. The van der Waals surface area contributed by atoms with Crippen LogP contribution >= 0.6 is 0 Å². The number of benzene rings is 1. The molecule has 0 N–H and O–H groups in total. The molecule has 0 fully saturated rings. The van der Waals surface area contributed by atoms with E-state index in [1.807, 2.05) is 0 Å². The highest BCUT2D eigenvalue weighted by Crippen LogP contribution is 2.42. The van der Waals surface area contributed by atoms with Gasteiger partial charge in [0.2, 0.25) is 5.88 Å². The largest absolute Gasteiger partial charge is 0.425 e. The molecule has 11 heteroatoms. The van der Waals surface area contributed by atoms with Gasteiger partial charge in [-0.3, -0.25) is 30.3 Å². The lowest BCUT2D eigenvalue weighted by Crippen LogP contribution is -2.01. The van der Waals surface area contributed by atoms with Gasteiger partial charge < -0.3 is 4.74 Å². The van der Waals surface area contributed by atoms with Gasteiger partial charge in [0.1, 0.15) is 0 Å². The summed E-state index contributed by atoms with van der Waals surface area (Å²) in [6, 6.07) is 5.56. The van der Waals surface area contributed by atoms with Crippen LogP contribution in [0, 0.1) is 30.3 Å². The second-order valence-corrected chi connectivity index (χ2v) is 3.85. The molecule has 2 aromatic rings. The second kappa shape index (κ2) is 5.78. The van der Waals surface area contributed by atoms with Crippen molar-refractivity contribution in [3.05, 3.63) is 66.9 Å². The monoisotopic (exact) mass is 306 g/mol. The molecule has 0 atom stereocenters. The Morgan fingerprint density at radius 2 is 1.50 bits per heavy atom. The van der Waals surface area contributed by atoms with E-state index in [1.54, 1.807) is 6.07 Å². The SMILES string of the molecule is O=[N+]([O-])c1cc([N+](=O)[O-])c(Oc2ccccn2)c([N+](=O)[O-])c1. The maximum Gasteiger partial charge on any atom is 0.325 e. The van der Waals surface area contributed by atoms with Gasteiger partial charge >= 0.3 is 11.4 Å². The van der Waals surface area contributed by atoms with Gasteiger partial charge in [0.15, 0.2) is 0 Å². The van der Waals surface area contributed by atoms with Gasteiger partial charge in [-0.15, -0.1) is 0 Å². The van der Waals surface area contributed by atoms with Crippen LogP contribution in [0.2, 0.25) is 0 Å².